The minimum atomic E-state index is 0.838. The van der Waals surface area contributed by atoms with Crippen molar-refractivity contribution < 1.29 is 4.42 Å². The van der Waals surface area contributed by atoms with E-state index in [1.807, 2.05) is 13.3 Å². The number of nitrogens with one attached hydrogen (secondary N) is 1. The summed E-state index contributed by atoms with van der Waals surface area (Å²) in [5.41, 5.74) is 1.37. The largest absolute Gasteiger partial charge is 0.468 e. The van der Waals surface area contributed by atoms with Crippen molar-refractivity contribution in [1.82, 2.24) is 10.2 Å². The molecular weight excluding hydrogens is 224 g/mol. The summed E-state index contributed by atoms with van der Waals surface area (Å²) in [4.78, 5) is 2.70. The van der Waals surface area contributed by atoms with Crippen LogP contribution >= 0.6 is 0 Å². The van der Waals surface area contributed by atoms with Crippen molar-refractivity contribution in [3.8, 4) is 0 Å². The van der Waals surface area contributed by atoms with E-state index in [4.69, 9.17) is 4.42 Å². The van der Waals surface area contributed by atoms with E-state index in [2.05, 4.69) is 16.3 Å². The van der Waals surface area contributed by atoms with E-state index in [1.54, 1.807) is 0 Å². The molecule has 1 saturated carbocycles. The van der Waals surface area contributed by atoms with Crippen LogP contribution in [0.5, 0.6) is 0 Å². The topological polar surface area (TPSA) is 28.4 Å². The third kappa shape index (κ3) is 2.34. The number of fused-ring (bicyclic) bond motifs is 1. The van der Waals surface area contributed by atoms with Gasteiger partial charge in [0.25, 0.3) is 0 Å². The molecule has 3 nitrogen and oxygen atoms in total. The van der Waals surface area contributed by atoms with Crippen LogP contribution < -0.4 is 5.32 Å². The highest BCUT2D eigenvalue weighted by Crippen LogP contribution is 2.37. The Morgan fingerprint density at radius 3 is 3.11 bits per heavy atom. The molecule has 1 aromatic rings. The maximum absolute atomic E-state index is 5.57. The summed E-state index contributed by atoms with van der Waals surface area (Å²) >= 11 is 0. The number of rotatable bonds is 4. The van der Waals surface area contributed by atoms with Crippen molar-refractivity contribution in [3.63, 3.8) is 0 Å². The molecule has 2 atom stereocenters. The molecule has 18 heavy (non-hydrogen) atoms. The van der Waals surface area contributed by atoms with Crippen molar-refractivity contribution in [2.45, 2.75) is 51.2 Å². The molecule has 2 aliphatic rings. The molecule has 1 aromatic heterocycles. The van der Waals surface area contributed by atoms with Crippen LogP contribution in [0.15, 0.2) is 16.7 Å². The highest BCUT2D eigenvalue weighted by molar-refractivity contribution is 5.17. The van der Waals surface area contributed by atoms with Gasteiger partial charge in [0.15, 0.2) is 0 Å². The Labute approximate surface area is 110 Å². The van der Waals surface area contributed by atoms with E-state index in [0.29, 0.717) is 0 Å². The highest BCUT2D eigenvalue weighted by atomic mass is 16.3. The first-order valence-electron chi connectivity index (χ1n) is 7.32. The number of nitrogens with zero attached hydrogens (tertiary/aromatic N) is 1. The van der Waals surface area contributed by atoms with E-state index in [0.717, 1.165) is 30.8 Å². The first-order chi connectivity index (χ1) is 8.88. The number of likely N-dealkylation sites (tertiary alicyclic amines) is 1. The van der Waals surface area contributed by atoms with Gasteiger partial charge in [-0.15, -0.1) is 0 Å². The summed E-state index contributed by atoms with van der Waals surface area (Å²) in [5, 5.41) is 3.18. The summed E-state index contributed by atoms with van der Waals surface area (Å²) in [6.45, 7) is 3.18. The number of hydrogen-bond donors (Lipinski definition) is 1. The van der Waals surface area contributed by atoms with Crippen LogP contribution in [0.4, 0.5) is 0 Å². The predicted octanol–water partition coefficient (Wildman–Crippen LogP) is 2.76. The first-order valence-corrected chi connectivity index (χ1v) is 7.32. The summed E-state index contributed by atoms with van der Waals surface area (Å²) < 4.78 is 5.57. The summed E-state index contributed by atoms with van der Waals surface area (Å²) in [7, 11) is 1.97. The molecule has 0 spiro atoms. The quantitative estimate of drug-likeness (QED) is 0.888. The molecule has 0 radical (unpaired) electrons. The fourth-order valence-electron chi connectivity index (χ4n) is 3.80. The molecule has 1 aliphatic carbocycles. The lowest BCUT2D eigenvalue weighted by Gasteiger charge is -2.37. The lowest BCUT2D eigenvalue weighted by Crippen LogP contribution is -2.42. The maximum Gasteiger partial charge on any atom is 0.122 e. The molecule has 3 heteroatoms. The fraction of sp³-hybridized carbons (Fsp3) is 0.733. The van der Waals surface area contributed by atoms with Gasteiger partial charge in [0.1, 0.15) is 5.76 Å². The molecule has 2 fully saturated rings. The van der Waals surface area contributed by atoms with E-state index in [1.165, 1.54) is 44.2 Å². The molecule has 3 rings (SSSR count). The monoisotopic (exact) mass is 248 g/mol. The molecule has 0 aromatic carbocycles. The van der Waals surface area contributed by atoms with Crippen LogP contribution in [-0.2, 0) is 13.1 Å². The predicted molar refractivity (Wildman–Crippen MR) is 72.2 cm³/mol. The van der Waals surface area contributed by atoms with Crippen LogP contribution in [0, 0.1) is 5.92 Å². The molecule has 100 valence electrons. The smallest absolute Gasteiger partial charge is 0.122 e. The van der Waals surface area contributed by atoms with Gasteiger partial charge in [0.2, 0.25) is 0 Å². The Kier molecular flexibility index (Phi) is 3.71. The molecule has 0 bridgehead atoms. The molecule has 0 amide bonds. The second-order valence-corrected chi connectivity index (χ2v) is 5.77. The van der Waals surface area contributed by atoms with E-state index < -0.39 is 0 Å². The van der Waals surface area contributed by atoms with Crippen molar-refractivity contribution in [2.24, 2.45) is 5.92 Å². The lowest BCUT2D eigenvalue weighted by molar-refractivity contribution is 0.105. The van der Waals surface area contributed by atoms with Gasteiger partial charge in [-0.2, -0.15) is 0 Å². The van der Waals surface area contributed by atoms with Crippen molar-refractivity contribution in [1.29, 1.82) is 0 Å². The van der Waals surface area contributed by atoms with Crippen LogP contribution in [0.2, 0.25) is 0 Å². The van der Waals surface area contributed by atoms with Crippen LogP contribution in [0.25, 0.3) is 0 Å². The van der Waals surface area contributed by atoms with Gasteiger partial charge in [0.05, 0.1) is 12.8 Å². The fourth-order valence-corrected chi connectivity index (χ4v) is 3.80. The number of piperidine rings is 1. The standard InChI is InChI=1S/C15H24N2O/c1-16-10-15-13(7-9-18-15)11-17-8-3-5-12-4-2-6-14(12)17/h7,9,12,14,16H,2-6,8,10-11H2,1H3. The van der Waals surface area contributed by atoms with E-state index >= 15 is 0 Å². The normalized spacial score (nSPS) is 28.5. The Morgan fingerprint density at radius 1 is 1.33 bits per heavy atom. The SMILES string of the molecule is CNCc1occc1CN1CCCC2CCCC21. The molecule has 2 unspecified atom stereocenters. The Morgan fingerprint density at radius 2 is 2.22 bits per heavy atom. The van der Waals surface area contributed by atoms with Crippen LogP contribution in [0.1, 0.15) is 43.4 Å². The maximum atomic E-state index is 5.57. The third-order valence-corrected chi connectivity index (χ3v) is 4.66. The minimum absolute atomic E-state index is 0.838. The number of furan rings is 1. The van der Waals surface area contributed by atoms with Gasteiger partial charge in [-0.1, -0.05) is 6.42 Å². The van der Waals surface area contributed by atoms with Crippen LogP contribution in [-0.4, -0.2) is 24.5 Å². The van der Waals surface area contributed by atoms with Gasteiger partial charge >= 0.3 is 0 Å². The van der Waals surface area contributed by atoms with E-state index in [-0.39, 0.29) is 0 Å². The lowest BCUT2D eigenvalue weighted by atomic mass is 9.91. The molecular formula is C15H24N2O. The zero-order chi connectivity index (χ0) is 12.4. The average Bonchev–Trinajstić information content (AvgIpc) is 3.00. The van der Waals surface area contributed by atoms with E-state index in [9.17, 15) is 0 Å². The van der Waals surface area contributed by atoms with Crippen molar-refractivity contribution >= 4 is 0 Å². The molecule has 1 aliphatic heterocycles. The molecule has 1 saturated heterocycles. The average molecular weight is 248 g/mol. The van der Waals surface area contributed by atoms with Gasteiger partial charge in [-0.05, 0) is 51.3 Å². The summed E-state index contributed by atoms with van der Waals surface area (Å²) in [5.74, 6) is 2.08. The Bertz CT molecular complexity index is 388. The summed E-state index contributed by atoms with van der Waals surface area (Å²) in [6, 6.07) is 2.99. The zero-order valence-electron chi connectivity index (χ0n) is 11.3. The second kappa shape index (κ2) is 5.45. The van der Waals surface area contributed by atoms with Gasteiger partial charge < -0.3 is 9.73 Å². The zero-order valence-corrected chi connectivity index (χ0v) is 11.3. The van der Waals surface area contributed by atoms with Gasteiger partial charge in [0, 0.05) is 18.2 Å². The number of hydrogen-bond acceptors (Lipinski definition) is 3. The van der Waals surface area contributed by atoms with Gasteiger partial charge in [-0.25, -0.2) is 0 Å². The summed E-state index contributed by atoms with van der Waals surface area (Å²) in [6.07, 6.45) is 8.95. The second-order valence-electron chi connectivity index (χ2n) is 5.77. The highest BCUT2D eigenvalue weighted by Gasteiger charge is 2.35. The van der Waals surface area contributed by atoms with Gasteiger partial charge in [-0.3, -0.25) is 4.90 Å². The molecule has 2 heterocycles. The minimum Gasteiger partial charge on any atom is -0.468 e. The first kappa shape index (κ1) is 12.2. The third-order valence-electron chi connectivity index (χ3n) is 4.66. The van der Waals surface area contributed by atoms with Crippen LogP contribution in [0.3, 0.4) is 0 Å². The van der Waals surface area contributed by atoms with Crippen molar-refractivity contribution in [3.05, 3.63) is 23.7 Å². The molecule has 1 N–H and O–H groups in total. The van der Waals surface area contributed by atoms with Crippen molar-refractivity contribution in [2.75, 3.05) is 13.6 Å². The Balaban J connectivity index is 1.69. The Hall–Kier alpha value is -0.800.